The Hall–Kier alpha value is -1.84. The average Bonchev–Trinajstić information content (AvgIpc) is 2.44. The SMILES string of the molecule is CCN(c1ccccc1)c1ccccc1.NN. The van der Waals surface area contributed by atoms with Crippen LogP contribution in [0.1, 0.15) is 6.92 Å². The van der Waals surface area contributed by atoms with Gasteiger partial charge in [-0.1, -0.05) is 36.4 Å². The Bertz CT molecular complexity index is 361. The molecule has 4 N–H and O–H groups in total. The van der Waals surface area contributed by atoms with E-state index in [1.54, 1.807) is 0 Å². The quantitative estimate of drug-likeness (QED) is 0.628. The summed E-state index contributed by atoms with van der Waals surface area (Å²) in [6.45, 7) is 3.15. The highest BCUT2D eigenvalue weighted by Gasteiger charge is 2.04. The molecule has 3 heteroatoms. The maximum atomic E-state index is 4.00. The first-order chi connectivity index (χ1) is 8.42. The highest BCUT2D eigenvalue weighted by Crippen LogP contribution is 2.23. The van der Waals surface area contributed by atoms with E-state index in [1.165, 1.54) is 11.4 Å². The van der Waals surface area contributed by atoms with Gasteiger partial charge in [-0.25, -0.2) is 0 Å². The lowest BCUT2D eigenvalue weighted by Crippen LogP contribution is -2.15. The number of para-hydroxylation sites is 2. The minimum absolute atomic E-state index is 0.980. The van der Waals surface area contributed by atoms with Crippen molar-refractivity contribution in [1.82, 2.24) is 0 Å². The summed E-state index contributed by atoms with van der Waals surface area (Å²) in [4.78, 5) is 2.29. The van der Waals surface area contributed by atoms with Gasteiger partial charge in [-0.2, -0.15) is 0 Å². The Kier molecular flexibility index (Phi) is 5.79. The van der Waals surface area contributed by atoms with Crippen LogP contribution in [-0.4, -0.2) is 6.54 Å². The van der Waals surface area contributed by atoms with E-state index in [0.29, 0.717) is 0 Å². The van der Waals surface area contributed by atoms with Crippen molar-refractivity contribution in [3.63, 3.8) is 0 Å². The van der Waals surface area contributed by atoms with Crippen LogP contribution in [-0.2, 0) is 0 Å². The molecule has 0 aromatic heterocycles. The Morgan fingerprint density at radius 3 is 1.41 bits per heavy atom. The van der Waals surface area contributed by atoms with Crippen LogP contribution in [0.3, 0.4) is 0 Å². The van der Waals surface area contributed by atoms with Gasteiger partial charge in [0, 0.05) is 17.9 Å². The van der Waals surface area contributed by atoms with Crippen LogP contribution in [0.4, 0.5) is 11.4 Å². The number of rotatable bonds is 3. The van der Waals surface area contributed by atoms with Crippen LogP contribution in [0.2, 0.25) is 0 Å². The van der Waals surface area contributed by atoms with Crippen molar-refractivity contribution in [3.05, 3.63) is 60.7 Å². The fourth-order valence-electron chi connectivity index (χ4n) is 1.73. The van der Waals surface area contributed by atoms with Crippen molar-refractivity contribution < 1.29 is 0 Å². The Morgan fingerprint density at radius 2 is 1.12 bits per heavy atom. The zero-order valence-corrected chi connectivity index (χ0v) is 10.1. The summed E-state index contributed by atoms with van der Waals surface area (Å²) in [5.74, 6) is 8.00. The van der Waals surface area contributed by atoms with Crippen LogP contribution >= 0.6 is 0 Å². The van der Waals surface area contributed by atoms with Gasteiger partial charge in [0.05, 0.1) is 0 Å². The molecule has 0 saturated carbocycles. The first kappa shape index (κ1) is 13.2. The lowest BCUT2D eigenvalue weighted by Gasteiger charge is -2.23. The van der Waals surface area contributed by atoms with E-state index in [9.17, 15) is 0 Å². The van der Waals surface area contributed by atoms with Gasteiger partial charge >= 0.3 is 0 Å². The van der Waals surface area contributed by atoms with Gasteiger partial charge < -0.3 is 4.90 Å². The van der Waals surface area contributed by atoms with Crippen molar-refractivity contribution in [3.8, 4) is 0 Å². The summed E-state index contributed by atoms with van der Waals surface area (Å²) >= 11 is 0. The molecule has 0 unspecified atom stereocenters. The van der Waals surface area contributed by atoms with Crippen molar-refractivity contribution in [1.29, 1.82) is 0 Å². The van der Waals surface area contributed by atoms with Gasteiger partial charge in [0.1, 0.15) is 0 Å². The molecule has 0 spiro atoms. The Balaban J connectivity index is 0.000000686. The van der Waals surface area contributed by atoms with Crippen LogP contribution in [0.15, 0.2) is 60.7 Å². The predicted octanol–water partition coefficient (Wildman–Crippen LogP) is 2.66. The number of hydrogen-bond acceptors (Lipinski definition) is 3. The van der Waals surface area contributed by atoms with E-state index in [2.05, 4.69) is 72.0 Å². The molecule has 3 nitrogen and oxygen atoms in total. The predicted molar refractivity (Wildman–Crippen MR) is 73.9 cm³/mol. The molecule has 0 heterocycles. The first-order valence-electron chi connectivity index (χ1n) is 5.63. The maximum Gasteiger partial charge on any atom is 0.0410 e. The number of benzene rings is 2. The highest BCUT2D eigenvalue weighted by atomic mass is 15.1. The van der Waals surface area contributed by atoms with E-state index in [4.69, 9.17) is 0 Å². The molecule has 17 heavy (non-hydrogen) atoms. The second-order valence-electron chi connectivity index (χ2n) is 3.42. The lowest BCUT2D eigenvalue weighted by atomic mass is 10.2. The number of hydrogen-bond donors (Lipinski definition) is 2. The molecule has 0 aliphatic rings. The largest absolute Gasteiger partial charge is 0.342 e. The van der Waals surface area contributed by atoms with E-state index >= 15 is 0 Å². The summed E-state index contributed by atoms with van der Waals surface area (Å²) in [7, 11) is 0. The number of anilines is 2. The molecule has 0 aliphatic heterocycles. The van der Waals surface area contributed by atoms with Crippen LogP contribution in [0, 0.1) is 0 Å². The molecular formula is C14H19N3. The third kappa shape index (κ3) is 3.59. The molecule has 0 radical (unpaired) electrons. The summed E-state index contributed by atoms with van der Waals surface area (Å²) < 4.78 is 0. The normalized spacial score (nSPS) is 9.12. The van der Waals surface area contributed by atoms with Crippen LogP contribution in [0.25, 0.3) is 0 Å². The molecule has 0 saturated heterocycles. The second kappa shape index (κ2) is 7.44. The molecule has 0 amide bonds. The van der Waals surface area contributed by atoms with E-state index < -0.39 is 0 Å². The molecular weight excluding hydrogens is 210 g/mol. The van der Waals surface area contributed by atoms with E-state index in [-0.39, 0.29) is 0 Å². The zero-order chi connectivity index (χ0) is 12.5. The van der Waals surface area contributed by atoms with Crippen molar-refractivity contribution in [2.24, 2.45) is 11.7 Å². The zero-order valence-electron chi connectivity index (χ0n) is 10.1. The molecule has 0 fully saturated rings. The fraction of sp³-hybridized carbons (Fsp3) is 0.143. The maximum absolute atomic E-state index is 4.00. The lowest BCUT2D eigenvalue weighted by molar-refractivity contribution is 1.02. The van der Waals surface area contributed by atoms with Crippen molar-refractivity contribution in [2.45, 2.75) is 6.92 Å². The highest BCUT2D eigenvalue weighted by molar-refractivity contribution is 5.62. The molecule has 90 valence electrons. The summed E-state index contributed by atoms with van der Waals surface area (Å²) in [6.07, 6.45) is 0. The monoisotopic (exact) mass is 229 g/mol. The third-order valence-corrected chi connectivity index (χ3v) is 2.45. The molecule has 2 rings (SSSR count). The van der Waals surface area contributed by atoms with Gasteiger partial charge in [0.25, 0.3) is 0 Å². The van der Waals surface area contributed by atoms with Gasteiger partial charge in [-0.3, -0.25) is 11.7 Å². The van der Waals surface area contributed by atoms with Crippen molar-refractivity contribution >= 4 is 11.4 Å². The van der Waals surface area contributed by atoms with Gasteiger partial charge in [-0.15, -0.1) is 0 Å². The summed E-state index contributed by atoms with van der Waals surface area (Å²) in [6, 6.07) is 20.9. The molecule has 2 aromatic carbocycles. The summed E-state index contributed by atoms with van der Waals surface area (Å²) in [5.41, 5.74) is 2.48. The third-order valence-electron chi connectivity index (χ3n) is 2.45. The molecule has 2 aromatic rings. The number of hydrazine groups is 1. The van der Waals surface area contributed by atoms with Crippen molar-refractivity contribution in [2.75, 3.05) is 11.4 Å². The standard InChI is InChI=1S/C14H15N.H4N2/c1-2-15(13-9-5-3-6-10-13)14-11-7-4-8-12-14;1-2/h3-12H,2H2,1H3;1-2H2. The second-order valence-corrected chi connectivity index (χ2v) is 3.42. The number of nitrogens with zero attached hydrogens (tertiary/aromatic N) is 1. The molecule has 0 atom stereocenters. The van der Waals surface area contributed by atoms with E-state index in [1.807, 2.05) is 12.1 Å². The summed E-state index contributed by atoms with van der Waals surface area (Å²) in [5, 5.41) is 0. The smallest absolute Gasteiger partial charge is 0.0410 e. The fourth-order valence-corrected chi connectivity index (χ4v) is 1.73. The van der Waals surface area contributed by atoms with Crippen LogP contribution in [0.5, 0.6) is 0 Å². The topological polar surface area (TPSA) is 55.3 Å². The molecule has 0 aliphatic carbocycles. The average molecular weight is 229 g/mol. The Morgan fingerprint density at radius 1 is 0.765 bits per heavy atom. The van der Waals surface area contributed by atoms with Gasteiger partial charge in [0.2, 0.25) is 0 Å². The van der Waals surface area contributed by atoms with Gasteiger partial charge in [0.15, 0.2) is 0 Å². The van der Waals surface area contributed by atoms with Gasteiger partial charge in [-0.05, 0) is 31.2 Å². The minimum atomic E-state index is 0.980. The Labute approximate surface area is 103 Å². The number of nitrogens with two attached hydrogens (primary N) is 2. The first-order valence-corrected chi connectivity index (χ1v) is 5.63. The van der Waals surface area contributed by atoms with E-state index in [0.717, 1.165) is 6.54 Å². The minimum Gasteiger partial charge on any atom is -0.342 e. The molecule has 0 bridgehead atoms. The van der Waals surface area contributed by atoms with Crippen LogP contribution < -0.4 is 16.6 Å².